The van der Waals surface area contributed by atoms with Gasteiger partial charge in [0.2, 0.25) is 5.75 Å². The lowest BCUT2D eigenvalue weighted by molar-refractivity contribution is 0.324. The van der Waals surface area contributed by atoms with E-state index in [1.165, 1.54) is 5.56 Å². The Labute approximate surface area is 142 Å². The van der Waals surface area contributed by atoms with Crippen LogP contribution in [-0.4, -0.2) is 26.3 Å². The van der Waals surface area contributed by atoms with Gasteiger partial charge in [0, 0.05) is 23.5 Å². The van der Waals surface area contributed by atoms with Crippen molar-refractivity contribution in [3.63, 3.8) is 0 Å². The second-order valence-corrected chi connectivity index (χ2v) is 5.56. The van der Waals surface area contributed by atoms with Crippen molar-refractivity contribution in [3.8, 4) is 39.5 Å². The Balaban J connectivity index is 2.14. The fourth-order valence-corrected chi connectivity index (χ4v) is 2.81. The number of benzene rings is 2. The van der Waals surface area contributed by atoms with Crippen LogP contribution in [0.5, 0.6) is 17.2 Å². The molecule has 0 amide bonds. The third kappa shape index (κ3) is 2.83. The van der Waals surface area contributed by atoms with Crippen LogP contribution in [0.2, 0.25) is 0 Å². The van der Waals surface area contributed by atoms with Gasteiger partial charge in [-0.15, -0.1) is 0 Å². The molecule has 0 fully saturated rings. The summed E-state index contributed by atoms with van der Waals surface area (Å²) < 4.78 is 16.3. The van der Waals surface area contributed by atoms with Gasteiger partial charge in [0.15, 0.2) is 11.5 Å². The Hall–Kier alpha value is -2.88. The smallest absolute Gasteiger partial charge is 0.203 e. The number of nitrogens with one attached hydrogen (secondary N) is 1. The Morgan fingerprint density at radius 2 is 1.25 bits per heavy atom. The molecule has 0 aliphatic rings. The van der Waals surface area contributed by atoms with Gasteiger partial charge in [-0.05, 0) is 30.2 Å². The van der Waals surface area contributed by atoms with E-state index in [0.717, 1.165) is 22.3 Å². The van der Waals surface area contributed by atoms with E-state index < -0.39 is 0 Å². The summed E-state index contributed by atoms with van der Waals surface area (Å²) in [4.78, 5) is 3.20. The van der Waals surface area contributed by atoms with Gasteiger partial charge in [-0.1, -0.05) is 29.8 Å². The lowest BCUT2D eigenvalue weighted by Crippen LogP contribution is -1.95. The minimum atomic E-state index is 0.594. The highest BCUT2D eigenvalue weighted by atomic mass is 16.5. The van der Waals surface area contributed by atoms with Crippen molar-refractivity contribution in [2.45, 2.75) is 6.92 Å². The zero-order valence-corrected chi connectivity index (χ0v) is 14.3. The van der Waals surface area contributed by atoms with Gasteiger partial charge in [-0.2, -0.15) is 0 Å². The average molecular weight is 323 g/mol. The topological polar surface area (TPSA) is 43.5 Å². The minimum Gasteiger partial charge on any atom is -0.493 e. The van der Waals surface area contributed by atoms with Crippen molar-refractivity contribution in [1.82, 2.24) is 4.98 Å². The summed E-state index contributed by atoms with van der Waals surface area (Å²) >= 11 is 0. The van der Waals surface area contributed by atoms with E-state index in [9.17, 15) is 0 Å². The molecule has 1 heterocycles. The van der Waals surface area contributed by atoms with Gasteiger partial charge >= 0.3 is 0 Å². The lowest BCUT2D eigenvalue weighted by atomic mass is 9.98. The maximum Gasteiger partial charge on any atom is 0.203 e. The Morgan fingerprint density at radius 3 is 1.75 bits per heavy atom. The summed E-state index contributed by atoms with van der Waals surface area (Å²) in [6, 6.07) is 12.4. The molecule has 0 aliphatic carbocycles. The fraction of sp³-hybridized carbons (Fsp3) is 0.200. The normalized spacial score (nSPS) is 10.5. The van der Waals surface area contributed by atoms with Crippen molar-refractivity contribution >= 4 is 0 Å². The minimum absolute atomic E-state index is 0.594. The van der Waals surface area contributed by atoms with Crippen LogP contribution in [0.4, 0.5) is 0 Å². The molecular formula is C20H21NO3. The number of ether oxygens (including phenoxy) is 3. The molecule has 0 radical (unpaired) electrons. The molecule has 3 rings (SSSR count). The van der Waals surface area contributed by atoms with Gasteiger partial charge < -0.3 is 19.2 Å². The van der Waals surface area contributed by atoms with Crippen molar-refractivity contribution < 1.29 is 14.2 Å². The van der Waals surface area contributed by atoms with E-state index in [1.807, 2.05) is 24.5 Å². The summed E-state index contributed by atoms with van der Waals surface area (Å²) in [5.41, 5.74) is 5.61. The summed E-state index contributed by atoms with van der Waals surface area (Å²) in [5, 5.41) is 0. The standard InChI is InChI=1S/C20H21NO3/c1-13-5-7-14(8-6-13)16-11-21-12-17(16)15-9-18(22-2)20(24-4)19(10-15)23-3/h5-12,21H,1-4H3. The molecule has 3 aromatic rings. The SMILES string of the molecule is COc1cc(-c2c[nH]cc2-c2ccc(C)cc2)cc(OC)c1OC. The van der Waals surface area contributed by atoms with Crippen molar-refractivity contribution in [1.29, 1.82) is 0 Å². The van der Waals surface area contributed by atoms with Crippen LogP contribution in [0, 0.1) is 6.92 Å². The molecule has 0 saturated heterocycles. The monoisotopic (exact) mass is 323 g/mol. The summed E-state index contributed by atoms with van der Waals surface area (Å²) in [6.07, 6.45) is 3.99. The molecule has 24 heavy (non-hydrogen) atoms. The second-order valence-electron chi connectivity index (χ2n) is 5.56. The molecule has 124 valence electrons. The zero-order chi connectivity index (χ0) is 17.1. The number of aryl methyl sites for hydroxylation is 1. The molecule has 4 heteroatoms. The molecule has 0 saturated carbocycles. The number of aromatic amines is 1. The van der Waals surface area contributed by atoms with Gasteiger partial charge in [0.25, 0.3) is 0 Å². The van der Waals surface area contributed by atoms with Gasteiger partial charge in [-0.3, -0.25) is 0 Å². The molecule has 0 atom stereocenters. The quantitative estimate of drug-likeness (QED) is 0.741. The Bertz CT molecular complexity index is 809. The third-order valence-electron chi connectivity index (χ3n) is 4.08. The number of rotatable bonds is 5. The van der Waals surface area contributed by atoms with Crippen molar-refractivity contribution in [2.75, 3.05) is 21.3 Å². The van der Waals surface area contributed by atoms with Crippen LogP contribution in [0.3, 0.4) is 0 Å². The highest BCUT2D eigenvalue weighted by Gasteiger charge is 2.16. The van der Waals surface area contributed by atoms with Crippen molar-refractivity contribution in [2.24, 2.45) is 0 Å². The van der Waals surface area contributed by atoms with Gasteiger partial charge in [0.05, 0.1) is 21.3 Å². The molecule has 2 aromatic carbocycles. The molecule has 1 aromatic heterocycles. The first-order valence-electron chi connectivity index (χ1n) is 7.72. The largest absolute Gasteiger partial charge is 0.493 e. The van der Waals surface area contributed by atoms with Crippen LogP contribution in [0.15, 0.2) is 48.8 Å². The Kier molecular flexibility index (Phi) is 4.47. The summed E-state index contributed by atoms with van der Waals surface area (Å²) in [5.74, 6) is 1.88. The maximum atomic E-state index is 5.46. The lowest BCUT2D eigenvalue weighted by Gasteiger charge is -2.14. The van der Waals surface area contributed by atoms with E-state index in [0.29, 0.717) is 17.2 Å². The van der Waals surface area contributed by atoms with Gasteiger partial charge in [0.1, 0.15) is 0 Å². The zero-order valence-electron chi connectivity index (χ0n) is 14.3. The van der Waals surface area contributed by atoms with E-state index in [4.69, 9.17) is 14.2 Å². The van der Waals surface area contributed by atoms with Crippen LogP contribution < -0.4 is 14.2 Å². The fourth-order valence-electron chi connectivity index (χ4n) is 2.81. The highest BCUT2D eigenvalue weighted by Crippen LogP contribution is 2.43. The third-order valence-corrected chi connectivity index (χ3v) is 4.08. The van der Waals surface area contributed by atoms with Crippen LogP contribution >= 0.6 is 0 Å². The van der Waals surface area contributed by atoms with Gasteiger partial charge in [-0.25, -0.2) is 0 Å². The highest BCUT2D eigenvalue weighted by molar-refractivity contribution is 5.85. The first kappa shape index (κ1) is 16.0. The number of hydrogen-bond donors (Lipinski definition) is 1. The molecular weight excluding hydrogens is 302 g/mol. The predicted molar refractivity (Wildman–Crippen MR) is 96.1 cm³/mol. The summed E-state index contributed by atoms with van der Waals surface area (Å²) in [7, 11) is 4.85. The first-order valence-corrected chi connectivity index (χ1v) is 7.72. The van der Waals surface area contributed by atoms with Crippen molar-refractivity contribution in [3.05, 3.63) is 54.4 Å². The maximum absolute atomic E-state index is 5.46. The number of hydrogen-bond acceptors (Lipinski definition) is 3. The van der Waals surface area contributed by atoms with E-state index in [2.05, 4.69) is 36.2 Å². The molecule has 4 nitrogen and oxygen atoms in total. The van der Waals surface area contributed by atoms with Crippen LogP contribution in [0.1, 0.15) is 5.56 Å². The molecule has 0 aliphatic heterocycles. The number of methoxy groups -OCH3 is 3. The Morgan fingerprint density at radius 1 is 0.708 bits per heavy atom. The van der Waals surface area contributed by atoms with Crippen LogP contribution in [0.25, 0.3) is 22.3 Å². The predicted octanol–water partition coefficient (Wildman–Crippen LogP) is 4.68. The molecule has 0 bridgehead atoms. The van der Waals surface area contributed by atoms with E-state index >= 15 is 0 Å². The molecule has 0 spiro atoms. The first-order chi connectivity index (χ1) is 11.7. The van der Waals surface area contributed by atoms with E-state index in [1.54, 1.807) is 21.3 Å². The number of H-pyrrole nitrogens is 1. The van der Waals surface area contributed by atoms with E-state index in [-0.39, 0.29) is 0 Å². The summed E-state index contributed by atoms with van der Waals surface area (Å²) in [6.45, 7) is 2.08. The average Bonchev–Trinajstić information content (AvgIpc) is 3.10. The van der Waals surface area contributed by atoms with Crippen LogP contribution in [-0.2, 0) is 0 Å². The second kappa shape index (κ2) is 6.71. The molecule has 0 unspecified atom stereocenters. The number of aromatic nitrogens is 1. The molecule has 1 N–H and O–H groups in total.